The summed E-state index contributed by atoms with van der Waals surface area (Å²) < 4.78 is 0. The molecular formula is C50H42O2. The molecule has 4 aliphatic rings. The number of hydrogen-bond acceptors (Lipinski definition) is 2. The second-order valence-electron chi connectivity index (χ2n) is 17.7. The first-order valence-electron chi connectivity index (χ1n) is 18.6. The predicted octanol–water partition coefficient (Wildman–Crippen LogP) is 12.0. The van der Waals surface area contributed by atoms with Crippen molar-refractivity contribution in [3.05, 3.63) is 165 Å². The molecule has 0 spiro atoms. The third kappa shape index (κ3) is 3.75. The van der Waals surface area contributed by atoms with Crippen molar-refractivity contribution in [1.29, 1.82) is 0 Å². The van der Waals surface area contributed by atoms with E-state index in [0.29, 0.717) is 11.1 Å². The van der Waals surface area contributed by atoms with E-state index in [1.54, 1.807) is 0 Å². The summed E-state index contributed by atoms with van der Waals surface area (Å²) in [6, 6.07) is 38.8. The van der Waals surface area contributed by atoms with Crippen molar-refractivity contribution in [2.24, 2.45) is 0 Å². The second-order valence-corrected chi connectivity index (χ2v) is 17.7. The monoisotopic (exact) mass is 674 g/mol. The van der Waals surface area contributed by atoms with Crippen molar-refractivity contribution < 1.29 is 9.59 Å². The molecule has 0 unspecified atom stereocenters. The molecule has 0 radical (unpaired) electrons. The number of fused-ring (bicyclic) bond motifs is 12. The van der Waals surface area contributed by atoms with Crippen LogP contribution in [0, 0.1) is 0 Å². The SMILES string of the molecule is CC1(C)c2ccccc2-c2cc3c(cc21)-c1ccc(C(=O)C(=O)c2ccc4c(c2)C(C)(C)c2cc5c(cc2-4)C(C)(C)c2ccccc2-5)cc1C3(C)C. The van der Waals surface area contributed by atoms with Crippen LogP contribution in [0.2, 0.25) is 0 Å². The second kappa shape index (κ2) is 9.75. The Balaban J connectivity index is 0.999. The van der Waals surface area contributed by atoms with Crippen LogP contribution in [0.25, 0.3) is 44.5 Å². The van der Waals surface area contributed by atoms with E-state index >= 15 is 0 Å². The molecule has 52 heavy (non-hydrogen) atoms. The summed E-state index contributed by atoms with van der Waals surface area (Å²) >= 11 is 0. The van der Waals surface area contributed by atoms with Gasteiger partial charge in [-0.25, -0.2) is 0 Å². The van der Waals surface area contributed by atoms with Crippen LogP contribution in [-0.4, -0.2) is 11.6 Å². The summed E-state index contributed by atoms with van der Waals surface area (Å²) in [5.41, 5.74) is 20.1. The standard InChI is InChI=1S/C50H42O2/c1-47(2)37-15-11-9-13-29(37)33-23-43-35(25-41(33)47)31-19-17-27(21-39(31)49(43,5)6)45(51)46(52)28-18-20-32-36-26-42-34(24-44(36)50(7,8)40(32)22-28)30-14-10-12-16-38(30)48(42,3)4/h9-26H,1-8H3. The summed E-state index contributed by atoms with van der Waals surface area (Å²) in [7, 11) is 0. The van der Waals surface area contributed by atoms with Gasteiger partial charge in [0.15, 0.2) is 0 Å². The zero-order chi connectivity index (χ0) is 36.3. The molecule has 2 nitrogen and oxygen atoms in total. The summed E-state index contributed by atoms with van der Waals surface area (Å²) in [5, 5.41) is 0. The summed E-state index contributed by atoms with van der Waals surface area (Å²) in [4.78, 5) is 28.1. The number of carbonyl (C=O) groups is 2. The highest BCUT2D eigenvalue weighted by Crippen LogP contribution is 2.58. The van der Waals surface area contributed by atoms with Crippen LogP contribution < -0.4 is 0 Å². The predicted molar refractivity (Wildman–Crippen MR) is 212 cm³/mol. The Morgan fingerprint density at radius 2 is 0.577 bits per heavy atom. The van der Waals surface area contributed by atoms with Gasteiger partial charge in [0.25, 0.3) is 0 Å². The van der Waals surface area contributed by atoms with Crippen LogP contribution in [0.15, 0.2) is 109 Å². The van der Waals surface area contributed by atoms with Gasteiger partial charge in [0.1, 0.15) is 0 Å². The normalized spacial score (nSPS) is 17.6. The van der Waals surface area contributed by atoms with Gasteiger partial charge in [0.05, 0.1) is 0 Å². The maximum atomic E-state index is 14.1. The summed E-state index contributed by atoms with van der Waals surface area (Å²) in [5.74, 6) is -0.921. The van der Waals surface area contributed by atoms with E-state index in [-0.39, 0.29) is 21.7 Å². The van der Waals surface area contributed by atoms with Gasteiger partial charge in [0.2, 0.25) is 11.6 Å². The van der Waals surface area contributed by atoms with Crippen molar-refractivity contribution >= 4 is 11.6 Å². The number of hydrogen-bond donors (Lipinski definition) is 0. The smallest absolute Gasteiger partial charge is 0.233 e. The fourth-order valence-corrected chi connectivity index (χ4v) is 10.4. The van der Waals surface area contributed by atoms with E-state index in [1.165, 1.54) is 66.8 Å². The van der Waals surface area contributed by atoms with Crippen molar-refractivity contribution in [1.82, 2.24) is 0 Å². The van der Waals surface area contributed by atoms with Crippen molar-refractivity contribution in [3.63, 3.8) is 0 Å². The molecule has 2 heteroatoms. The van der Waals surface area contributed by atoms with Crippen LogP contribution >= 0.6 is 0 Å². The summed E-state index contributed by atoms with van der Waals surface area (Å²) in [6.07, 6.45) is 0. The Hall–Kier alpha value is -5.34. The Morgan fingerprint density at radius 1 is 0.308 bits per heavy atom. The first kappa shape index (κ1) is 31.4. The minimum Gasteiger partial charge on any atom is -0.285 e. The Labute approximate surface area is 306 Å². The van der Waals surface area contributed by atoms with Crippen molar-refractivity contribution in [2.75, 3.05) is 0 Å². The lowest BCUT2D eigenvalue weighted by molar-refractivity contribution is 0.0817. The maximum Gasteiger partial charge on any atom is 0.233 e. The number of ketones is 2. The molecule has 0 saturated carbocycles. The Morgan fingerprint density at radius 3 is 0.923 bits per heavy atom. The van der Waals surface area contributed by atoms with E-state index in [2.05, 4.69) is 140 Å². The van der Waals surface area contributed by atoms with Gasteiger partial charge in [-0.1, -0.05) is 128 Å². The number of rotatable bonds is 3. The number of carbonyl (C=O) groups excluding carboxylic acids is 2. The topological polar surface area (TPSA) is 34.1 Å². The quantitative estimate of drug-likeness (QED) is 0.138. The van der Waals surface area contributed by atoms with Crippen LogP contribution in [0.5, 0.6) is 0 Å². The molecule has 0 amide bonds. The maximum absolute atomic E-state index is 14.1. The van der Waals surface area contributed by atoms with Gasteiger partial charge in [-0.05, 0) is 125 Å². The van der Waals surface area contributed by atoms with E-state index in [9.17, 15) is 9.59 Å². The molecule has 0 bridgehead atoms. The minimum atomic E-state index is -0.460. The molecule has 0 atom stereocenters. The van der Waals surface area contributed by atoms with E-state index in [1.807, 2.05) is 24.3 Å². The van der Waals surface area contributed by atoms with Gasteiger partial charge in [-0.2, -0.15) is 0 Å². The van der Waals surface area contributed by atoms with Crippen LogP contribution in [0.4, 0.5) is 0 Å². The molecule has 6 aromatic carbocycles. The fourth-order valence-electron chi connectivity index (χ4n) is 10.4. The molecule has 4 aliphatic carbocycles. The van der Waals surface area contributed by atoms with Crippen LogP contribution in [0.1, 0.15) is 121 Å². The zero-order valence-electron chi connectivity index (χ0n) is 31.2. The highest BCUT2D eigenvalue weighted by Gasteiger charge is 2.44. The molecule has 0 fully saturated rings. The van der Waals surface area contributed by atoms with E-state index in [4.69, 9.17) is 0 Å². The lowest BCUT2D eigenvalue weighted by atomic mass is 9.79. The first-order valence-corrected chi connectivity index (χ1v) is 18.6. The third-order valence-corrected chi connectivity index (χ3v) is 13.5. The van der Waals surface area contributed by atoms with Crippen LogP contribution in [0.3, 0.4) is 0 Å². The molecule has 10 rings (SSSR count). The largest absolute Gasteiger partial charge is 0.285 e. The Bertz CT molecular complexity index is 2470. The Kier molecular flexibility index (Phi) is 5.89. The van der Waals surface area contributed by atoms with Gasteiger partial charge < -0.3 is 0 Å². The highest BCUT2D eigenvalue weighted by molar-refractivity contribution is 6.49. The molecule has 0 aromatic heterocycles. The lowest BCUT2D eigenvalue weighted by Gasteiger charge is -2.24. The van der Waals surface area contributed by atoms with Crippen molar-refractivity contribution in [3.8, 4) is 44.5 Å². The third-order valence-electron chi connectivity index (χ3n) is 13.5. The van der Waals surface area contributed by atoms with Gasteiger partial charge >= 0.3 is 0 Å². The van der Waals surface area contributed by atoms with E-state index < -0.39 is 11.6 Å². The van der Waals surface area contributed by atoms with E-state index in [0.717, 1.165) is 22.3 Å². The average Bonchev–Trinajstić information content (AvgIpc) is 3.69. The number of Topliss-reactive ketones (excluding diaryl/α,β-unsaturated/α-hetero) is 2. The fraction of sp³-hybridized carbons (Fsp3) is 0.240. The van der Waals surface area contributed by atoms with Gasteiger partial charge in [0, 0.05) is 32.8 Å². The molecule has 254 valence electrons. The molecule has 0 heterocycles. The summed E-state index contributed by atoms with van der Waals surface area (Å²) in [6.45, 7) is 18.2. The highest BCUT2D eigenvalue weighted by atomic mass is 16.2. The molecule has 6 aromatic rings. The minimum absolute atomic E-state index is 0.0932. The zero-order valence-corrected chi connectivity index (χ0v) is 31.2. The molecule has 0 saturated heterocycles. The van der Waals surface area contributed by atoms with Gasteiger partial charge in [-0.15, -0.1) is 0 Å². The molecular weight excluding hydrogens is 633 g/mol. The van der Waals surface area contributed by atoms with Crippen LogP contribution in [-0.2, 0) is 21.7 Å². The lowest BCUT2D eigenvalue weighted by Crippen LogP contribution is -2.20. The molecule has 0 N–H and O–H groups in total. The average molecular weight is 675 g/mol. The first-order chi connectivity index (χ1) is 24.6. The number of benzene rings is 6. The molecule has 0 aliphatic heterocycles. The van der Waals surface area contributed by atoms with Crippen molar-refractivity contribution in [2.45, 2.75) is 77.0 Å². The van der Waals surface area contributed by atoms with Gasteiger partial charge in [-0.3, -0.25) is 9.59 Å².